The van der Waals surface area contributed by atoms with Gasteiger partial charge in [-0.3, -0.25) is 9.97 Å². The van der Waals surface area contributed by atoms with Gasteiger partial charge in [0.2, 0.25) is 0 Å². The van der Waals surface area contributed by atoms with Crippen LogP contribution in [0.4, 0.5) is 13.2 Å². The van der Waals surface area contributed by atoms with Crippen LogP contribution in [0.5, 0.6) is 0 Å². The summed E-state index contributed by atoms with van der Waals surface area (Å²) in [5.41, 5.74) is 6.99. The van der Waals surface area contributed by atoms with E-state index in [1.54, 1.807) is 19.2 Å². The molecule has 0 spiro atoms. The average molecular weight is 491 g/mol. The van der Waals surface area contributed by atoms with E-state index in [2.05, 4.69) is 52.4 Å². The largest absolute Gasteiger partial charge is 0.416 e. The van der Waals surface area contributed by atoms with Gasteiger partial charge in [0.1, 0.15) is 0 Å². The Morgan fingerprint density at radius 2 is 1.11 bits per heavy atom. The molecule has 0 bridgehead atoms. The Hall–Kier alpha value is -4.51. The molecule has 0 aliphatic rings. The molecule has 0 saturated carbocycles. The number of aromatic nitrogens is 2. The zero-order valence-corrected chi connectivity index (χ0v) is 19.9. The zero-order valence-electron chi connectivity index (χ0n) is 19.9. The van der Waals surface area contributed by atoms with Crippen LogP contribution in [0.3, 0.4) is 0 Å². The summed E-state index contributed by atoms with van der Waals surface area (Å²) in [6, 6.07) is 30.2. The standard InChI is InChI=1S/C32H21F3N2/c1-20-12-26(16-29(13-20)32(33,34)35)23-10-11-25-15-28(19-37-31(25)17-23)22-8-6-21(7-9-22)27-14-24-4-2-3-5-30(24)36-18-27/h2-19H,1H3. The fourth-order valence-electron chi connectivity index (χ4n) is 4.66. The van der Waals surface area contributed by atoms with Crippen molar-refractivity contribution in [3.05, 3.63) is 121 Å². The quantitative estimate of drug-likeness (QED) is 0.247. The minimum Gasteiger partial charge on any atom is -0.256 e. The maximum atomic E-state index is 13.3. The number of benzene rings is 4. The molecule has 0 fully saturated rings. The molecule has 4 aromatic carbocycles. The van der Waals surface area contributed by atoms with E-state index in [0.717, 1.165) is 50.1 Å². The highest BCUT2D eigenvalue weighted by Gasteiger charge is 2.31. The van der Waals surface area contributed by atoms with Crippen molar-refractivity contribution in [2.75, 3.05) is 0 Å². The van der Waals surface area contributed by atoms with Crippen molar-refractivity contribution in [1.82, 2.24) is 9.97 Å². The first kappa shape index (κ1) is 22.9. The Balaban J connectivity index is 1.30. The molecule has 6 aromatic rings. The van der Waals surface area contributed by atoms with Crippen molar-refractivity contribution in [1.29, 1.82) is 0 Å². The van der Waals surface area contributed by atoms with Crippen molar-refractivity contribution < 1.29 is 13.2 Å². The van der Waals surface area contributed by atoms with Crippen LogP contribution in [0.15, 0.2) is 109 Å². The molecule has 2 heterocycles. The minimum absolute atomic E-state index is 0.527. The first-order valence-electron chi connectivity index (χ1n) is 11.9. The summed E-state index contributed by atoms with van der Waals surface area (Å²) in [5, 5.41) is 2.02. The van der Waals surface area contributed by atoms with E-state index in [-0.39, 0.29) is 0 Å². The van der Waals surface area contributed by atoms with Crippen LogP contribution in [0.1, 0.15) is 11.1 Å². The van der Waals surface area contributed by atoms with Gasteiger partial charge >= 0.3 is 6.18 Å². The molecule has 0 N–H and O–H groups in total. The van der Waals surface area contributed by atoms with Crippen LogP contribution in [-0.4, -0.2) is 9.97 Å². The molecule has 2 aromatic heterocycles. The average Bonchev–Trinajstić information content (AvgIpc) is 2.91. The van der Waals surface area contributed by atoms with Crippen molar-refractivity contribution in [2.45, 2.75) is 13.1 Å². The van der Waals surface area contributed by atoms with E-state index in [0.29, 0.717) is 16.7 Å². The fraction of sp³-hybridized carbons (Fsp3) is 0.0625. The van der Waals surface area contributed by atoms with Gasteiger partial charge in [0.25, 0.3) is 0 Å². The molecule has 0 atom stereocenters. The SMILES string of the molecule is Cc1cc(-c2ccc3cc(-c4ccc(-c5cnc6ccccc6c5)cc4)cnc3c2)cc(C(F)(F)F)c1. The predicted molar refractivity (Wildman–Crippen MR) is 143 cm³/mol. The van der Waals surface area contributed by atoms with Gasteiger partial charge in [-0.05, 0) is 71.1 Å². The van der Waals surface area contributed by atoms with E-state index >= 15 is 0 Å². The lowest BCUT2D eigenvalue weighted by Crippen LogP contribution is -2.05. The Morgan fingerprint density at radius 3 is 1.78 bits per heavy atom. The molecule has 0 saturated heterocycles. The number of aryl methyl sites for hydroxylation is 1. The van der Waals surface area contributed by atoms with Crippen LogP contribution in [0, 0.1) is 6.92 Å². The monoisotopic (exact) mass is 490 g/mol. The molecule has 0 aliphatic carbocycles. The van der Waals surface area contributed by atoms with Gasteiger partial charge in [-0.2, -0.15) is 13.2 Å². The number of pyridine rings is 2. The van der Waals surface area contributed by atoms with Crippen LogP contribution in [-0.2, 0) is 6.18 Å². The smallest absolute Gasteiger partial charge is 0.256 e. The third kappa shape index (κ3) is 4.56. The number of alkyl halides is 3. The minimum atomic E-state index is -4.38. The highest BCUT2D eigenvalue weighted by molar-refractivity contribution is 5.88. The number of rotatable bonds is 3. The summed E-state index contributed by atoms with van der Waals surface area (Å²) >= 11 is 0. The van der Waals surface area contributed by atoms with Crippen molar-refractivity contribution in [2.24, 2.45) is 0 Å². The van der Waals surface area contributed by atoms with Crippen molar-refractivity contribution >= 4 is 21.8 Å². The molecule has 37 heavy (non-hydrogen) atoms. The van der Waals surface area contributed by atoms with E-state index in [9.17, 15) is 13.2 Å². The molecule has 5 heteroatoms. The lowest BCUT2D eigenvalue weighted by atomic mass is 9.97. The third-order valence-electron chi connectivity index (χ3n) is 6.56. The lowest BCUT2D eigenvalue weighted by molar-refractivity contribution is -0.137. The summed E-state index contributed by atoms with van der Waals surface area (Å²) in [6.45, 7) is 1.67. The molecular weight excluding hydrogens is 469 g/mol. The second-order valence-electron chi connectivity index (χ2n) is 9.21. The highest BCUT2D eigenvalue weighted by atomic mass is 19.4. The number of hydrogen-bond donors (Lipinski definition) is 0. The van der Waals surface area contributed by atoms with Gasteiger partial charge < -0.3 is 0 Å². The summed E-state index contributed by atoms with van der Waals surface area (Å²) in [5.74, 6) is 0. The summed E-state index contributed by atoms with van der Waals surface area (Å²) in [4.78, 5) is 9.18. The van der Waals surface area contributed by atoms with Crippen LogP contribution < -0.4 is 0 Å². The number of fused-ring (bicyclic) bond motifs is 2. The van der Waals surface area contributed by atoms with Gasteiger partial charge in [-0.15, -0.1) is 0 Å². The van der Waals surface area contributed by atoms with Gasteiger partial charge in [0, 0.05) is 34.3 Å². The third-order valence-corrected chi connectivity index (χ3v) is 6.56. The second kappa shape index (κ2) is 8.86. The Kier molecular flexibility index (Phi) is 5.49. The summed E-state index contributed by atoms with van der Waals surface area (Å²) < 4.78 is 39.9. The molecule has 0 amide bonds. The van der Waals surface area contributed by atoms with Gasteiger partial charge in [-0.25, -0.2) is 0 Å². The Labute approximate surface area is 212 Å². The van der Waals surface area contributed by atoms with Crippen LogP contribution in [0.25, 0.3) is 55.2 Å². The van der Waals surface area contributed by atoms with Crippen LogP contribution >= 0.6 is 0 Å². The van der Waals surface area contributed by atoms with E-state index < -0.39 is 11.7 Å². The normalized spacial score (nSPS) is 11.8. The fourth-order valence-corrected chi connectivity index (χ4v) is 4.66. The predicted octanol–water partition coefficient (Wildman–Crippen LogP) is 9.11. The van der Waals surface area contributed by atoms with Crippen LogP contribution in [0.2, 0.25) is 0 Å². The topological polar surface area (TPSA) is 25.8 Å². The second-order valence-corrected chi connectivity index (χ2v) is 9.21. The molecule has 0 aliphatic heterocycles. The summed E-state index contributed by atoms with van der Waals surface area (Å²) in [7, 11) is 0. The first-order valence-corrected chi connectivity index (χ1v) is 11.9. The number of hydrogen-bond acceptors (Lipinski definition) is 2. The number of halogens is 3. The molecule has 0 unspecified atom stereocenters. The Bertz CT molecular complexity index is 1770. The molecule has 0 radical (unpaired) electrons. The van der Waals surface area contributed by atoms with Gasteiger partial charge in [0.05, 0.1) is 16.6 Å². The summed E-state index contributed by atoms with van der Waals surface area (Å²) in [6.07, 6.45) is -0.695. The van der Waals surface area contributed by atoms with Gasteiger partial charge in [0.15, 0.2) is 0 Å². The molecule has 180 valence electrons. The first-order chi connectivity index (χ1) is 17.8. The van der Waals surface area contributed by atoms with E-state index in [4.69, 9.17) is 0 Å². The van der Waals surface area contributed by atoms with Crippen molar-refractivity contribution in [3.8, 4) is 33.4 Å². The highest BCUT2D eigenvalue weighted by Crippen LogP contribution is 2.34. The number of para-hydroxylation sites is 1. The zero-order chi connectivity index (χ0) is 25.6. The Morgan fingerprint density at radius 1 is 0.514 bits per heavy atom. The van der Waals surface area contributed by atoms with E-state index in [1.807, 2.05) is 42.6 Å². The lowest BCUT2D eigenvalue weighted by Gasteiger charge is -2.12. The molecular formula is C32H21F3N2. The number of nitrogens with zero attached hydrogens (tertiary/aromatic N) is 2. The van der Waals surface area contributed by atoms with E-state index in [1.165, 1.54) is 6.07 Å². The van der Waals surface area contributed by atoms with Crippen molar-refractivity contribution in [3.63, 3.8) is 0 Å². The van der Waals surface area contributed by atoms with Gasteiger partial charge in [-0.1, -0.05) is 60.7 Å². The molecule has 6 rings (SSSR count). The maximum Gasteiger partial charge on any atom is 0.416 e. The maximum absolute atomic E-state index is 13.3. The molecule has 2 nitrogen and oxygen atoms in total.